The number of anilines is 1. The van der Waals surface area contributed by atoms with Crippen LogP contribution in [0, 0.1) is 20.8 Å². The number of rotatable bonds is 3. The number of amides is 1. The molecule has 0 bridgehead atoms. The molecule has 0 saturated carbocycles. The fraction of sp³-hybridized carbons (Fsp3) is 0.176. The van der Waals surface area contributed by atoms with Crippen LogP contribution in [-0.2, 0) is 0 Å². The Bertz CT molecular complexity index is 904. The van der Waals surface area contributed by atoms with Crippen molar-refractivity contribution in [3.8, 4) is 0 Å². The lowest BCUT2D eigenvalue weighted by atomic mass is 10.1. The Morgan fingerprint density at radius 1 is 1.17 bits per heavy atom. The number of benzene rings is 2. The molecule has 1 amide bonds. The standard InChI is InChI=1S/C17H16ClN3OS/c1-9-4-5-12(10(2)8-9)16(22)20-21-17-19-15-11(3)13(18)6-7-14(15)23-17/h4-8H,1-3H3,(H,19,21)(H,20,22). The van der Waals surface area contributed by atoms with Gasteiger partial charge in [-0.3, -0.25) is 15.6 Å². The third kappa shape index (κ3) is 3.16. The number of hydrazine groups is 1. The Kier molecular flexibility index (Phi) is 4.24. The summed E-state index contributed by atoms with van der Waals surface area (Å²) < 4.78 is 1.02. The smallest absolute Gasteiger partial charge is 0.269 e. The van der Waals surface area contributed by atoms with E-state index in [1.807, 2.05) is 51.1 Å². The first-order valence-electron chi connectivity index (χ1n) is 7.15. The number of nitrogens with zero attached hydrogens (tertiary/aromatic N) is 1. The molecule has 0 saturated heterocycles. The lowest BCUT2D eigenvalue weighted by molar-refractivity contribution is 0.0962. The van der Waals surface area contributed by atoms with Gasteiger partial charge in [-0.15, -0.1) is 0 Å². The van der Waals surface area contributed by atoms with E-state index >= 15 is 0 Å². The van der Waals surface area contributed by atoms with Crippen LogP contribution in [-0.4, -0.2) is 10.9 Å². The first-order chi connectivity index (χ1) is 11.0. The van der Waals surface area contributed by atoms with Gasteiger partial charge < -0.3 is 0 Å². The molecule has 3 rings (SSSR count). The van der Waals surface area contributed by atoms with Crippen LogP contribution in [0.5, 0.6) is 0 Å². The Hall–Kier alpha value is -2.11. The molecule has 4 nitrogen and oxygen atoms in total. The fourth-order valence-electron chi connectivity index (χ4n) is 2.40. The highest BCUT2D eigenvalue weighted by Crippen LogP contribution is 2.31. The van der Waals surface area contributed by atoms with Gasteiger partial charge in [0.25, 0.3) is 5.91 Å². The number of aromatic nitrogens is 1. The van der Waals surface area contributed by atoms with Gasteiger partial charge in [0.05, 0.1) is 10.2 Å². The van der Waals surface area contributed by atoms with Gasteiger partial charge in [-0.1, -0.05) is 40.6 Å². The van der Waals surface area contributed by atoms with Gasteiger partial charge in [-0.2, -0.15) is 0 Å². The molecule has 0 radical (unpaired) electrons. The van der Waals surface area contributed by atoms with Gasteiger partial charge >= 0.3 is 0 Å². The van der Waals surface area contributed by atoms with Crippen molar-refractivity contribution in [2.45, 2.75) is 20.8 Å². The first-order valence-corrected chi connectivity index (χ1v) is 8.34. The topological polar surface area (TPSA) is 54.0 Å². The molecule has 0 aliphatic rings. The van der Waals surface area contributed by atoms with Crippen LogP contribution in [0.3, 0.4) is 0 Å². The predicted octanol–water partition coefficient (Wildman–Crippen LogP) is 4.63. The molecule has 0 fully saturated rings. The van der Waals surface area contributed by atoms with Crippen molar-refractivity contribution in [3.05, 3.63) is 57.6 Å². The number of fused-ring (bicyclic) bond motifs is 1. The summed E-state index contributed by atoms with van der Waals surface area (Å²) in [6, 6.07) is 9.52. The zero-order valence-electron chi connectivity index (χ0n) is 13.0. The predicted molar refractivity (Wildman–Crippen MR) is 96.4 cm³/mol. The normalized spacial score (nSPS) is 10.8. The second-order valence-corrected chi connectivity index (χ2v) is 6.87. The molecule has 0 aliphatic carbocycles. The number of hydrogen-bond acceptors (Lipinski definition) is 4. The first kappa shape index (κ1) is 15.8. The van der Waals surface area contributed by atoms with Gasteiger partial charge in [-0.25, -0.2) is 4.98 Å². The second-order valence-electron chi connectivity index (χ2n) is 5.44. The maximum absolute atomic E-state index is 12.3. The zero-order chi connectivity index (χ0) is 16.6. The van der Waals surface area contributed by atoms with E-state index in [0.717, 1.165) is 26.9 Å². The highest BCUT2D eigenvalue weighted by molar-refractivity contribution is 7.22. The van der Waals surface area contributed by atoms with Crippen LogP contribution in [0.4, 0.5) is 5.13 Å². The quantitative estimate of drug-likeness (QED) is 0.680. The summed E-state index contributed by atoms with van der Waals surface area (Å²) in [6.07, 6.45) is 0. The SMILES string of the molecule is Cc1ccc(C(=O)NNc2nc3c(C)c(Cl)ccc3s2)c(C)c1. The monoisotopic (exact) mass is 345 g/mol. The molecule has 3 aromatic rings. The molecule has 0 aliphatic heterocycles. The summed E-state index contributed by atoms with van der Waals surface area (Å²) >= 11 is 7.58. The van der Waals surface area contributed by atoms with Crippen molar-refractivity contribution >= 4 is 44.2 Å². The molecular formula is C17H16ClN3OS. The number of hydrogen-bond donors (Lipinski definition) is 2. The number of thiazole rings is 1. The number of carbonyl (C=O) groups excluding carboxylic acids is 1. The highest BCUT2D eigenvalue weighted by Gasteiger charge is 2.11. The number of carbonyl (C=O) groups is 1. The van der Waals surface area contributed by atoms with Gasteiger partial charge in [0, 0.05) is 10.6 Å². The van der Waals surface area contributed by atoms with Crippen LogP contribution in [0.15, 0.2) is 30.3 Å². The Labute approximate surface area is 143 Å². The van der Waals surface area contributed by atoms with E-state index in [9.17, 15) is 4.79 Å². The second kappa shape index (κ2) is 6.18. The van der Waals surface area contributed by atoms with E-state index in [1.54, 1.807) is 0 Å². The molecule has 2 aromatic carbocycles. The summed E-state index contributed by atoms with van der Waals surface area (Å²) in [5, 5.41) is 1.32. The van der Waals surface area contributed by atoms with Gasteiger partial charge in [0.1, 0.15) is 0 Å². The average molecular weight is 346 g/mol. The van der Waals surface area contributed by atoms with E-state index < -0.39 is 0 Å². The third-order valence-corrected chi connectivity index (χ3v) is 5.00. The number of halogens is 1. The molecule has 1 aromatic heterocycles. The molecule has 2 N–H and O–H groups in total. The maximum atomic E-state index is 12.3. The lowest BCUT2D eigenvalue weighted by Crippen LogP contribution is -2.29. The molecular weight excluding hydrogens is 330 g/mol. The zero-order valence-corrected chi connectivity index (χ0v) is 14.6. The molecule has 0 atom stereocenters. The molecule has 6 heteroatoms. The molecule has 0 spiro atoms. The Balaban J connectivity index is 1.78. The van der Waals surface area contributed by atoms with Crippen molar-refractivity contribution in [3.63, 3.8) is 0 Å². The largest absolute Gasteiger partial charge is 0.273 e. The van der Waals surface area contributed by atoms with Crippen LogP contribution >= 0.6 is 22.9 Å². The van der Waals surface area contributed by atoms with Crippen molar-refractivity contribution in [1.82, 2.24) is 10.4 Å². The van der Waals surface area contributed by atoms with E-state index in [-0.39, 0.29) is 5.91 Å². The molecule has 118 valence electrons. The van der Waals surface area contributed by atoms with Crippen molar-refractivity contribution < 1.29 is 4.79 Å². The molecule has 23 heavy (non-hydrogen) atoms. The Morgan fingerprint density at radius 2 is 1.96 bits per heavy atom. The van der Waals surface area contributed by atoms with Crippen LogP contribution in [0.2, 0.25) is 5.02 Å². The van der Waals surface area contributed by atoms with E-state index in [4.69, 9.17) is 11.6 Å². The van der Waals surface area contributed by atoms with Crippen molar-refractivity contribution in [2.24, 2.45) is 0 Å². The van der Waals surface area contributed by atoms with E-state index in [1.165, 1.54) is 11.3 Å². The van der Waals surface area contributed by atoms with Crippen LogP contribution < -0.4 is 10.9 Å². The number of nitrogens with one attached hydrogen (secondary N) is 2. The van der Waals surface area contributed by atoms with Gasteiger partial charge in [0.2, 0.25) is 5.13 Å². The maximum Gasteiger partial charge on any atom is 0.269 e. The minimum Gasteiger partial charge on any atom is -0.273 e. The molecule has 0 unspecified atom stereocenters. The summed E-state index contributed by atoms with van der Waals surface area (Å²) in [7, 11) is 0. The summed E-state index contributed by atoms with van der Waals surface area (Å²) in [5.74, 6) is -0.184. The summed E-state index contributed by atoms with van der Waals surface area (Å²) in [6.45, 7) is 5.86. The minimum atomic E-state index is -0.184. The van der Waals surface area contributed by atoms with Crippen LogP contribution in [0.25, 0.3) is 10.2 Å². The average Bonchev–Trinajstić information content (AvgIpc) is 2.92. The fourth-order valence-corrected chi connectivity index (χ4v) is 3.43. The van der Waals surface area contributed by atoms with E-state index in [0.29, 0.717) is 15.7 Å². The lowest BCUT2D eigenvalue weighted by Gasteiger charge is -2.08. The van der Waals surface area contributed by atoms with Gasteiger partial charge in [-0.05, 0) is 50.1 Å². The van der Waals surface area contributed by atoms with Crippen LogP contribution in [0.1, 0.15) is 27.0 Å². The third-order valence-electron chi connectivity index (χ3n) is 3.66. The number of aryl methyl sites for hydroxylation is 3. The van der Waals surface area contributed by atoms with E-state index in [2.05, 4.69) is 15.8 Å². The van der Waals surface area contributed by atoms with Crippen molar-refractivity contribution in [1.29, 1.82) is 0 Å². The molecule has 1 heterocycles. The minimum absolute atomic E-state index is 0.184. The summed E-state index contributed by atoms with van der Waals surface area (Å²) in [4.78, 5) is 16.8. The Morgan fingerprint density at radius 3 is 2.70 bits per heavy atom. The van der Waals surface area contributed by atoms with Crippen molar-refractivity contribution in [2.75, 3.05) is 5.43 Å². The highest BCUT2D eigenvalue weighted by atomic mass is 35.5. The van der Waals surface area contributed by atoms with Gasteiger partial charge in [0.15, 0.2) is 0 Å². The summed E-state index contributed by atoms with van der Waals surface area (Å²) in [5.41, 5.74) is 10.1.